The fourth-order valence-corrected chi connectivity index (χ4v) is 4.83. The molecule has 0 saturated carbocycles. The molecule has 34 heavy (non-hydrogen) atoms. The van der Waals surface area contributed by atoms with Gasteiger partial charge in [-0.2, -0.15) is 0 Å². The van der Waals surface area contributed by atoms with Crippen LogP contribution in [0, 0.1) is 5.92 Å². The number of guanidine groups is 1. The second-order valence-corrected chi connectivity index (χ2v) is 9.26. The number of nitrogens with one attached hydrogen (secondary N) is 2. The van der Waals surface area contributed by atoms with Crippen molar-refractivity contribution >= 4 is 35.6 Å². The number of halogens is 1. The summed E-state index contributed by atoms with van der Waals surface area (Å²) in [6, 6.07) is 17.4. The van der Waals surface area contributed by atoms with Crippen molar-refractivity contribution in [3.63, 3.8) is 0 Å². The number of anilines is 1. The summed E-state index contributed by atoms with van der Waals surface area (Å²) < 4.78 is 5.37. The van der Waals surface area contributed by atoms with Crippen LogP contribution in [-0.4, -0.2) is 57.7 Å². The normalized spacial score (nSPS) is 18.9. The Morgan fingerprint density at radius 1 is 1.00 bits per heavy atom. The molecular formula is C27H40IN5O. The van der Waals surface area contributed by atoms with Crippen LogP contribution in [0.1, 0.15) is 36.8 Å². The third-order valence-corrected chi connectivity index (χ3v) is 6.82. The van der Waals surface area contributed by atoms with Gasteiger partial charge in [0.05, 0.1) is 7.11 Å². The summed E-state index contributed by atoms with van der Waals surface area (Å²) in [7, 11) is 3.56. The van der Waals surface area contributed by atoms with E-state index in [4.69, 9.17) is 4.74 Å². The number of methoxy groups -OCH3 is 1. The molecule has 0 bridgehead atoms. The van der Waals surface area contributed by atoms with E-state index in [0.29, 0.717) is 5.92 Å². The maximum absolute atomic E-state index is 5.37. The summed E-state index contributed by atoms with van der Waals surface area (Å²) >= 11 is 0. The summed E-state index contributed by atoms with van der Waals surface area (Å²) in [6.07, 6.45) is 5.25. The Labute approximate surface area is 222 Å². The summed E-state index contributed by atoms with van der Waals surface area (Å²) in [6.45, 7) is 7.39. The molecule has 0 radical (unpaired) electrons. The SMILES string of the molecule is CN=C(NCc1ccc(CN2CCCCC2)cc1)NCC1CCN(c2cccc(OC)c2)C1.I. The Kier molecular flexibility index (Phi) is 10.8. The number of rotatable bonds is 8. The molecule has 6 nitrogen and oxygen atoms in total. The summed E-state index contributed by atoms with van der Waals surface area (Å²) in [4.78, 5) is 9.43. The van der Waals surface area contributed by atoms with Crippen LogP contribution in [0.15, 0.2) is 53.5 Å². The average molecular weight is 578 g/mol. The van der Waals surface area contributed by atoms with Gasteiger partial charge in [0.2, 0.25) is 0 Å². The van der Waals surface area contributed by atoms with E-state index in [1.165, 1.54) is 55.6 Å². The number of likely N-dealkylation sites (tertiary alicyclic amines) is 1. The van der Waals surface area contributed by atoms with Crippen LogP contribution < -0.4 is 20.3 Å². The van der Waals surface area contributed by atoms with Crippen molar-refractivity contribution in [3.8, 4) is 5.75 Å². The predicted octanol–water partition coefficient (Wildman–Crippen LogP) is 4.49. The van der Waals surface area contributed by atoms with Gasteiger partial charge in [-0.25, -0.2) is 0 Å². The fourth-order valence-electron chi connectivity index (χ4n) is 4.83. The second kappa shape index (κ2) is 13.8. The standard InChI is InChI=1S/C27H39N5O.HI/c1-28-27(29-18-22-9-11-23(12-10-22)20-31-14-4-3-5-15-31)30-19-24-13-16-32(21-24)25-7-6-8-26(17-25)33-2;/h6-12,17,24H,3-5,13-16,18-21H2,1-2H3,(H2,28,29,30);1H. The molecule has 1 atom stereocenters. The van der Waals surface area contributed by atoms with Crippen LogP contribution in [0.4, 0.5) is 5.69 Å². The molecule has 0 amide bonds. The molecule has 2 fully saturated rings. The molecule has 2 heterocycles. The van der Waals surface area contributed by atoms with E-state index < -0.39 is 0 Å². The largest absolute Gasteiger partial charge is 0.497 e. The molecule has 0 aliphatic carbocycles. The van der Waals surface area contributed by atoms with Gasteiger partial charge in [0, 0.05) is 51.5 Å². The number of piperidine rings is 1. The molecule has 0 aromatic heterocycles. The number of nitrogens with zero attached hydrogens (tertiary/aromatic N) is 3. The van der Waals surface area contributed by atoms with Crippen molar-refractivity contribution in [1.82, 2.24) is 15.5 Å². The first-order valence-corrected chi connectivity index (χ1v) is 12.4. The fraction of sp³-hybridized carbons (Fsp3) is 0.519. The third-order valence-electron chi connectivity index (χ3n) is 6.82. The van der Waals surface area contributed by atoms with Gasteiger partial charge in [-0.15, -0.1) is 24.0 Å². The van der Waals surface area contributed by atoms with E-state index in [0.717, 1.165) is 44.4 Å². The highest BCUT2D eigenvalue weighted by Gasteiger charge is 2.23. The van der Waals surface area contributed by atoms with Gasteiger partial charge in [0.15, 0.2) is 5.96 Å². The van der Waals surface area contributed by atoms with E-state index in [-0.39, 0.29) is 24.0 Å². The van der Waals surface area contributed by atoms with E-state index >= 15 is 0 Å². The molecule has 2 saturated heterocycles. The molecule has 1 unspecified atom stereocenters. The molecule has 2 aliphatic rings. The Morgan fingerprint density at radius 2 is 1.76 bits per heavy atom. The van der Waals surface area contributed by atoms with Gasteiger partial charge in [-0.1, -0.05) is 36.8 Å². The van der Waals surface area contributed by atoms with Crippen molar-refractivity contribution in [1.29, 1.82) is 0 Å². The number of ether oxygens (including phenoxy) is 1. The third kappa shape index (κ3) is 7.77. The van der Waals surface area contributed by atoms with Crippen LogP contribution in [0.2, 0.25) is 0 Å². The van der Waals surface area contributed by atoms with Crippen molar-refractivity contribution < 1.29 is 4.74 Å². The maximum atomic E-state index is 5.37. The molecule has 4 rings (SSSR count). The molecule has 2 N–H and O–H groups in total. The topological polar surface area (TPSA) is 52.1 Å². The lowest BCUT2D eigenvalue weighted by atomic mass is 10.1. The maximum Gasteiger partial charge on any atom is 0.191 e. The van der Waals surface area contributed by atoms with E-state index in [1.54, 1.807) is 7.11 Å². The summed E-state index contributed by atoms with van der Waals surface area (Å²) in [5, 5.41) is 6.99. The molecule has 2 aliphatic heterocycles. The molecule has 186 valence electrons. The van der Waals surface area contributed by atoms with Gasteiger partial charge < -0.3 is 20.3 Å². The average Bonchev–Trinajstić information content (AvgIpc) is 3.35. The number of benzene rings is 2. The van der Waals surface area contributed by atoms with E-state index in [2.05, 4.69) is 67.9 Å². The first-order valence-electron chi connectivity index (χ1n) is 12.4. The lowest BCUT2D eigenvalue weighted by Gasteiger charge is -2.26. The van der Waals surface area contributed by atoms with E-state index in [1.807, 2.05) is 13.1 Å². The molecular weight excluding hydrogens is 537 g/mol. The number of aliphatic imine (C=N–C) groups is 1. The van der Waals surface area contributed by atoms with Gasteiger partial charge in [-0.05, 0) is 61.5 Å². The van der Waals surface area contributed by atoms with Crippen LogP contribution in [-0.2, 0) is 13.1 Å². The lowest BCUT2D eigenvalue weighted by molar-refractivity contribution is 0.221. The zero-order valence-corrected chi connectivity index (χ0v) is 23.0. The highest BCUT2D eigenvalue weighted by Crippen LogP contribution is 2.26. The van der Waals surface area contributed by atoms with Crippen molar-refractivity contribution in [2.75, 3.05) is 51.8 Å². The number of hydrogen-bond donors (Lipinski definition) is 2. The minimum absolute atomic E-state index is 0. The monoisotopic (exact) mass is 577 g/mol. The molecule has 2 aromatic carbocycles. The van der Waals surface area contributed by atoms with Crippen molar-refractivity contribution in [3.05, 3.63) is 59.7 Å². The quantitative estimate of drug-likeness (QED) is 0.275. The summed E-state index contributed by atoms with van der Waals surface area (Å²) in [5.74, 6) is 2.38. The van der Waals surface area contributed by atoms with Gasteiger partial charge in [0.25, 0.3) is 0 Å². The highest BCUT2D eigenvalue weighted by molar-refractivity contribution is 14.0. The van der Waals surface area contributed by atoms with Gasteiger partial charge in [0.1, 0.15) is 5.75 Å². The molecule has 7 heteroatoms. The van der Waals surface area contributed by atoms with Crippen molar-refractivity contribution in [2.45, 2.75) is 38.8 Å². The molecule has 2 aromatic rings. The Balaban J connectivity index is 0.00000324. The number of hydrogen-bond acceptors (Lipinski definition) is 4. The van der Waals surface area contributed by atoms with E-state index in [9.17, 15) is 0 Å². The lowest BCUT2D eigenvalue weighted by Crippen LogP contribution is -2.39. The smallest absolute Gasteiger partial charge is 0.191 e. The summed E-state index contributed by atoms with van der Waals surface area (Å²) in [5.41, 5.74) is 3.93. The predicted molar refractivity (Wildman–Crippen MR) is 153 cm³/mol. The van der Waals surface area contributed by atoms with Crippen LogP contribution in [0.5, 0.6) is 5.75 Å². The van der Waals surface area contributed by atoms with Crippen LogP contribution in [0.25, 0.3) is 0 Å². The first-order chi connectivity index (χ1) is 16.2. The van der Waals surface area contributed by atoms with Crippen LogP contribution >= 0.6 is 24.0 Å². The van der Waals surface area contributed by atoms with Crippen LogP contribution in [0.3, 0.4) is 0 Å². The first kappa shape index (κ1) is 26.6. The highest BCUT2D eigenvalue weighted by atomic mass is 127. The Bertz CT molecular complexity index is 898. The minimum Gasteiger partial charge on any atom is -0.497 e. The minimum atomic E-state index is 0. The Hall–Kier alpha value is -2.00. The van der Waals surface area contributed by atoms with Crippen molar-refractivity contribution in [2.24, 2.45) is 10.9 Å². The zero-order valence-electron chi connectivity index (χ0n) is 20.6. The molecule has 0 spiro atoms. The van der Waals surface area contributed by atoms with Gasteiger partial charge in [-0.3, -0.25) is 9.89 Å². The Morgan fingerprint density at radius 3 is 2.50 bits per heavy atom. The second-order valence-electron chi connectivity index (χ2n) is 9.26. The van der Waals surface area contributed by atoms with Gasteiger partial charge >= 0.3 is 0 Å². The zero-order chi connectivity index (χ0) is 22.9.